The summed E-state index contributed by atoms with van der Waals surface area (Å²) in [7, 11) is 0. The number of halogens is 3. The van der Waals surface area contributed by atoms with Gasteiger partial charge < -0.3 is 4.42 Å². The van der Waals surface area contributed by atoms with E-state index in [0.717, 1.165) is 42.9 Å². The minimum absolute atomic E-state index is 0.0353. The predicted molar refractivity (Wildman–Crippen MR) is 97.6 cm³/mol. The summed E-state index contributed by atoms with van der Waals surface area (Å²) in [5.74, 6) is 3.58. The largest absolute Gasteiger partial charge is 0.422 e. The van der Waals surface area contributed by atoms with Crippen molar-refractivity contribution in [3.8, 4) is 0 Å². The van der Waals surface area contributed by atoms with Crippen molar-refractivity contribution in [2.24, 2.45) is 17.8 Å². The molecule has 4 saturated carbocycles. The maximum absolute atomic E-state index is 13.2. The highest BCUT2D eigenvalue weighted by molar-refractivity contribution is 9.10. The van der Waals surface area contributed by atoms with Gasteiger partial charge in [-0.3, -0.25) is 4.68 Å². The van der Waals surface area contributed by atoms with Gasteiger partial charge in [0.2, 0.25) is 11.8 Å². The van der Waals surface area contributed by atoms with Gasteiger partial charge in [0.25, 0.3) is 6.43 Å². The lowest BCUT2D eigenvalue weighted by molar-refractivity contribution is -0.0184. The Labute approximate surface area is 165 Å². The number of hydrogen-bond donors (Lipinski definition) is 0. The first-order valence-corrected chi connectivity index (χ1v) is 10.5. The molecule has 4 aliphatic rings. The van der Waals surface area contributed by atoms with Gasteiger partial charge in [-0.05, 0) is 86.1 Å². The Balaban J connectivity index is 1.45. The molecule has 1 atom stereocenters. The van der Waals surface area contributed by atoms with Gasteiger partial charge in [-0.25, -0.2) is 8.78 Å². The molecular weight excluding hydrogens is 418 g/mol. The Bertz CT molecular complexity index is 842. The van der Waals surface area contributed by atoms with Crippen LogP contribution in [0.4, 0.5) is 8.78 Å². The van der Waals surface area contributed by atoms with E-state index in [1.165, 1.54) is 19.3 Å². The molecule has 0 unspecified atom stereocenters. The quantitative estimate of drug-likeness (QED) is 0.642. The van der Waals surface area contributed by atoms with Crippen molar-refractivity contribution < 1.29 is 13.2 Å². The fourth-order valence-corrected chi connectivity index (χ4v) is 6.57. The van der Waals surface area contributed by atoms with E-state index in [-0.39, 0.29) is 17.2 Å². The van der Waals surface area contributed by atoms with Crippen LogP contribution in [-0.2, 0) is 5.41 Å². The summed E-state index contributed by atoms with van der Waals surface area (Å²) in [5, 5.41) is 12.8. The molecule has 27 heavy (non-hydrogen) atoms. The Hall–Kier alpha value is -1.31. The second-order valence-corrected chi connectivity index (χ2v) is 9.64. The van der Waals surface area contributed by atoms with Crippen molar-refractivity contribution in [1.29, 1.82) is 0 Å². The second kappa shape index (κ2) is 6.09. The molecule has 0 aromatic carbocycles. The average Bonchev–Trinajstić information content (AvgIpc) is 3.20. The van der Waals surface area contributed by atoms with E-state index in [4.69, 9.17) is 4.42 Å². The molecule has 2 heterocycles. The maximum atomic E-state index is 13.2. The molecule has 8 heteroatoms. The number of hydrogen-bond acceptors (Lipinski definition) is 4. The molecule has 0 N–H and O–H groups in total. The lowest BCUT2D eigenvalue weighted by Gasteiger charge is -2.55. The van der Waals surface area contributed by atoms with Crippen LogP contribution in [0.1, 0.15) is 81.1 Å². The normalized spacial score (nSPS) is 33.2. The van der Waals surface area contributed by atoms with Gasteiger partial charge in [-0.15, -0.1) is 10.2 Å². The summed E-state index contributed by atoms with van der Waals surface area (Å²) in [6.07, 6.45) is 4.89. The van der Waals surface area contributed by atoms with Gasteiger partial charge >= 0.3 is 0 Å². The maximum Gasteiger partial charge on any atom is 0.283 e. The standard InChI is InChI=1S/C19H23BrF2N4O/c1-9-14(20)15(16(21)22)25-26(9)10(2)17-23-24-18(27-17)19-6-11-3-12(7-19)5-13(4-11)8-19/h10-13,16H,3-8H2,1-2H3/t10-,11?,12?,13?,19?/m1/s1. The van der Waals surface area contributed by atoms with Crippen LogP contribution in [0.5, 0.6) is 0 Å². The van der Waals surface area contributed by atoms with Crippen molar-refractivity contribution >= 4 is 15.9 Å². The van der Waals surface area contributed by atoms with E-state index >= 15 is 0 Å². The van der Waals surface area contributed by atoms with Crippen LogP contribution >= 0.6 is 15.9 Å². The Morgan fingerprint density at radius 2 is 1.70 bits per heavy atom. The lowest BCUT2D eigenvalue weighted by atomic mass is 9.49. The van der Waals surface area contributed by atoms with Gasteiger partial charge in [0.15, 0.2) is 0 Å². The van der Waals surface area contributed by atoms with Gasteiger partial charge in [-0.1, -0.05) is 0 Å². The van der Waals surface area contributed by atoms with Crippen LogP contribution < -0.4 is 0 Å². The predicted octanol–water partition coefficient (Wildman–Crippen LogP) is 5.35. The monoisotopic (exact) mass is 440 g/mol. The lowest BCUT2D eigenvalue weighted by Crippen LogP contribution is -2.48. The minimum atomic E-state index is -2.63. The summed E-state index contributed by atoms with van der Waals surface area (Å²) in [6.45, 7) is 3.62. The summed E-state index contributed by atoms with van der Waals surface area (Å²) in [5.41, 5.74) is 0.417. The minimum Gasteiger partial charge on any atom is -0.422 e. The molecule has 2 aromatic rings. The molecule has 0 spiro atoms. The highest BCUT2D eigenvalue weighted by atomic mass is 79.9. The third-order valence-electron chi connectivity index (χ3n) is 6.97. The molecule has 0 amide bonds. The van der Waals surface area contributed by atoms with E-state index in [1.807, 2.05) is 6.92 Å². The molecular formula is C19H23BrF2N4O. The summed E-state index contributed by atoms with van der Waals surface area (Å²) < 4.78 is 34.4. The van der Waals surface area contributed by atoms with Crippen molar-refractivity contribution in [3.63, 3.8) is 0 Å². The smallest absolute Gasteiger partial charge is 0.283 e. The molecule has 4 bridgehead atoms. The summed E-state index contributed by atoms with van der Waals surface area (Å²) in [4.78, 5) is 0. The van der Waals surface area contributed by atoms with Crippen molar-refractivity contribution in [2.75, 3.05) is 0 Å². The van der Waals surface area contributed by atoms with Crippen molar-refractivity contribution in [2.45, 2.75) is 70.3 Å². The topological polar surface area (TPSA) is 56.7 Å². The number of nitrogens with zero attached hydrogens (tertiary/aromatic N) is 4. The highest BCUT2D eigenvalue weighted by Gasteiger charge is 2.54. The number of aromatic nitrogens is 4. The van der Waals surface area contributed by atoms with E-state index in [1.54, 1.807) is 11.6 Å². The molecule has 5 nitrogen and oxygen atoms in total. The zero-order valence-electron chi connectivity index (χ0n) is 15.5. The zero-order chi connectivity index (χ0) is 18.9. The van der Waals surface area contributed by atoms with Crippen LogP contribution in [0, 0.1) is 24.7 Å². The first kappa shape index (κ1) is 17.8. The van der Waals surface area contributed by atoms with Gasteiger partial charge in [-0.2, -0.15) is 5.10 Å². The molecule has 4 aliphatic carbocycles. The van der Waals surface area contributed by atoms with Crippen LogP contribution in [0.25, 0.3) is 0 Å². The summed E-state index contributed by atoms with van der Waals surface area (Å²) in [6, 6.07) is -0.385. The highest BCUT2D eigenvalue weighted by Crippen LogP contribution is 2.60. The average molecular weight is 441 g/mol. The Morgan fingerprint density at radius 3 is 2.22 bits per heavy atom. The third-order valence-corrected chi connectivity index (χ3v) is 7.95. The van der Waals surface area contributed by atoms with E-state index < -0.39 is 6.43 Å². The van der Waals surface area contributed by atoms with Gasteiger partial charge in [0.05, 0.1) is 10.2 Å². The SMILES string of the molecule is Cc1c(Br)c(C(F)F)nn1[C@H](C)c1nnc(C23CC4CC(CC(C4)C2)C3)o1. The first-order chi connectivity index (χ1) is 12.9. The van der Waals surface area contributed by atoms with Gasteiger partial charge in [0.1, 0.15) is 11.7 Å². The van der Waals surface area contributed by atoms with E-state index in [0.29, 0.717) is 16.1 Å². The van der Waals surface area contributed by atoms with Crippen LogP contribution in [0.15, 0.2) is 8.89 Å². The Kier molecular flexibility index (Phi) is 4.01. The molecule has 146 valence electrons. The first-order valence-electron chi connectivity index (χ1n) is 9.73. The summed E-state index contributed by atoms with van der Waals surface area (Å²) >= 11 is 3.23. The van der Waals surface area contributed by atoms with Crippen LogP contribution in [0.2, 0.25) is 0 Å². The zero-order valence-corrected chi connectivity index (χ0v) is 17.0. The van der Waals surface area contributed by atoms with E-state index in [9.17, 15) is 8.78 Å². The number of rotatable bonds is 4. The molecule has 2 aromatic heterocycles. The molecule has 0 radical (unpaired) electrons. The fraction of sp³-hybridized carbons (Fsp3) is 0.737. The molecule has 0 aliphatic heterocycles. The van der Waals surface area contributed by atoms with Crippen LogP contribution in [0.3, 0.4) is 0 Å². The van der Waals surface area contributed by atoms with Crippen molar-refractivity contribution in [3.05, 3.63) is 27.6 Å². The second-order valence-electron chi connectivity index (χ2n) is 8.85. The molecule has 0 saturated heterocycles. The Morgan fingerprint density at radius 1 is 1.11 bits per heavy atom. The molecule has 4 fully saturated rings. The van der Waals surface area contributed by atoms with Gasteiger partial charge in [0, 0.05) is 5.41 Å². The van der Waals surface area contributed by atoms with Crippen LogP contribution in [-0.4, -0.2) is 20.0 Å². The fourth-order valence-electron chi connectivity index (χ4n) is 6.13. The molecule has 6 rings (SSSR count). The third kappa shape index (κ3) is 2.69. The van der Waals surface area contributed by atoms with E-state index in [2.05, 4.69) is 31.2 Å². The number of alkyl halides is 2. The van der Waals surface area contributed by atoms with Crippen molar-refractivity contribution in [1.82, 2.24) is 20.0 Å².